The molecule has 0 bridgehead atoms. The topological polar surface area (TPSA) is 95.7 Å². The van der Waals surface area contributed by atoms with Gasteiger partial charge in [0.15, 0.2) is 5.16 Å². The van der Waals surface area contributed by atoms with Crippen molar-refractivity contribution in [3.8, 4) is 0 Å². The van der Waals surface area contributed by atoms with Crippen LogP contribution in [0.15, 0.2) is 59.8 Å². The minimum Gasteiger partial charge on any atom is -0.368 e. The third-order valence-electron chi connectivity index (χ3n) is 6.90. The quantitative estimate of drug-likeness (QED) is 0.128. The lowest BCUT2D eigenvalue weighted by molar-refractivity contribution is -0.384. The zero-order valence-corrected chi connectivity index (χ0v) is 22.5. The summed E-state index contributed by atoms with van der Waals surface area (Å²) in [5, 5.41) is 12.0. The van der Waals surface area contributed by atoms with Crippen LogP contribution in [0.2, 0.25) is 5.15 Å². The monoisotopic (exact) mass is 552 g/mol. The van der Waals surface area contributed by atoms with E-state index in [1.807, 2.05) is 35.2 Å². The first-order chi connectivity index (χ1) is 18.5. The van der Waals surface area contributed by atoms with Gasteiger partial charge in [0.2, 0.25) is 0 Å². The summed E-state index contributed by atoms with van der Waals surface area (Å²) in [5.41, 5.74) is 2.74. The Morgan fingerprint density at radius 1 is 0.895 bits per heavy atom. The van der Waals surface area contributed by atoms with Gasteiger partial charge < -0.3 is 14.7 Å². The molecule has 0 atom stereocenters. The summed E-state index contributed by atoms with van der Waals surface area (Å²) < 4.78 is 0. The zero-order valence-electron chi connectivity index (χ0n) is 21.0. The van der Waals surface area contributed by atoms with Crippen LogP contribution in [-0.2, 0) is 5.75 Å². The van der Waals surface area contributed by atoms with Crippen LogP contribution in [0.4, 0.5) is 17.2 Å². The van der Waals surface area contributed by atoms with Crippen LogP contribution in [0, 0.1) is 10.1 Å². The predicted octanol–water partition coefficient (Wildman–Crippen LogP) is 5.28. The molecular formula is C27H29ClN6O3S. The molecular weight excluding hydrogens is 524 g/mol. The fourth-order valence-corrected chi connectivity index (χ4v) is 5.80. The van der Waals surface area contributed by atoms with Crippen molar-refractivity contribution >= 4 is 46.5 Å². The fraction of sp³-hybridized carbons (Fsp3) is 0.370. The Balaban J connectivity index is 1.14. The lowest BCUT2D eigenvalue weighted by atomic mass is 10.1. The average molecular weight is 553 g/mol. The number of non-ortho nitro benzene ring substituents is 1. The number of nitro groups is 1. The van der Waals surface area contributed by atoms with Gasteiger partial charge in [-0.1, -0.05) is 35.5 Å². The SMILES string of the molecule is O=C(c1ccc(CSc2nc(Cl)cc(N3CCCCC3)n2)cc1)N1CCN(c2ccc([N+](=O)[O-])cc2)CC1. The molecule has 9 nitrogen and oxygen atoms in total. The van der Waals surface area contributed by atoms with E-state index in [1.165, 1.54) is 43.2 Å². The largest absolute Gasteiger partial charge is 0.368 e. The molecule has 2 fully saturated rings. The highest BCUT2D eigenvalue weighted by Gasteiger charge is 2.23. The van der Waals surface area contributed by atoms with Crippen molar-refractivity contribution in [3.05, 3.63) is 81.0 Å². The maximum Gasteiger partial charge on any atom is 0.269 e. The molecule has 5 rings (SSSR count). The first-order valence-corrected chi connectivity index (χ1v) is 14.1. The van der Waals surface area contributed by atoms with Gasteiger partial charge in [0, 0.05) is 74.5 Å². The maximum absolute atomic E-state index is 13.1. The standard InChI is InChI=1S/C27H29ClN6O3S/c28-24-18-25(32-12-2-1-3-13-32)30-27(29-24)38-19-20-4-6-21(7-5-20)26(35)33-16-14-31(15-17-33)22-8-10-23(11-9-22)34(36)37/h4-11,18H,1-3,12-17,19H2. The summed E-state index contributed by atoms with van der Waals surface area (Å²) in [6.07, 6.45) is 3.60. The second kappa shape index (κ2) is 12.0. The maximum atomic E-state index is 13.1. The Hall–Kier alpha value is -3.37. The number of thioether (sulfide) groups is 1. The number of nitrogens with zero attached hydrogens (tertiary/aromatic N) is 6. The third-order valence-corrected chi connectivity index (χ3v) is 8.01. The van der Waals surface area contributed by atoms with E-state index in [4.69, 9.17) is 16.6 Å². The predicted molar refractivity (Wildman–Crippen MR) is 150 cm³/mol. The molecule has 1 aromatic heterocycles. The number of hydrogen-bond donors (Lipinski definition) is 0. The van der Waals surface area contributed by atoms with E-state index in [2.05, 4.69) is 14.8 Å². The molecule has 0 radical (unpaired) electrons. The van der Waals surface area contributed by atoms with Gasteiger partial charge >= 0.3 is 0 Å². The van der Waals surface area contributed by atoms with Gasteiger partial charge in [-0.05, 0) is 49.1 Å². The smallest absolute Gasteiger partial charge is 0.269 e. The second-order valence-corrected chi connectivity index (χ2v) is 10.7. The molecule has 198 valence electrons. The third kappa shape index (κ3) is 6.36. The van der Waals surface area contributed by atoms with Gasteiger partial charge in [0.1, 0.15) is 11.0 Å². The van der Waals surface area contributed by atoms with Crippen LogP contribution >= 0.6 is 23.4 Å². The van der Waals surface area contributed by atoms with E-state index in [-0.39, 0.29) is 11.6 Å². The molecule has 1 amide bonds. The van der Waals surface area contributed by atoms with Crippen LogP contribution < -0.4 is 9.80 Å². The van der Waals surface area contributed by atoms with Gasteiger partial charge in [0.25, 0.3) is 11.6 Å². The number of piperazine rings is 1. The zero-order chi connectivity index (χ0) is 26.5. The number of carbonyl (C=O) groups excluding carboxylic acids is 1. The summed E-state index contributed by atoms with van der Waals surface area (Å²) in [4.78, 5) is 38.9. The number of halogens is 1. The van der Waals surface area contributed by atoms with Gasteiger partial charge in [-0.3, -0.25) is 14.9 Å². The molecule has 11 heteroatoms. The van der Waals surface area contributed by atoms with Crippen molar-refractivity contribution in [3.63, 3.8) is 0 Å². The average Bonchev–Trinajstić information content (AvgIpc) is 2.96. The van der Waals surface area contributed by atoms with Crippen LogP contribution in [0.1, 0.15) is 35.2 Å². The number of carbonyl (C=O) groups is 1. The molecule has 0 unspecified atom stereocenters. The summed E-state index contributed by atoms with van der Waals surface area (Å²) >= 11 is 7.82. The van der Waals surface area contributed by atoms with Crippen LogP contribution in [0.5, 0.6) is 0 Å². The van der Waals surface area contributed by atoms with E-state index in [9.17, 15) is 14.9 Å². The van der Waals surface area contributed by atoms with Crippen LogP contribution in [-0.4, -0.2) is 65.0 Å². The highest BCUT2D eigenvalue weighted by atomic mass is 35.5. The number of hydrogen-bond acceptors (Lipinski definition) is 8. The van der Waals surface area contributed by atoms with Gasteiger partial charge in [-0.25, -0.2) is 9.97 Å². The minimum atomic E-state index is -0.401. The lowest BCUT2D eigenvalue weighted by Gasteiger charge is -2.36. The molecule has 2 aromatic carbocycles. The molecule has 0 saturated carbocycles. The van der Waals surface area contributed by atoms with E-state index in [0.717, 1.165) is 30.2 Å². The number of aromatic nitrogens is 2. The Morgan fingerprint density at radius 3 is 2.24 bits per heavy atom. The number of rotatable bonds is 7. The van der Waals surface area contributed by atoms with Crippen LogP contribution in [0.25, 0.3) is 0 Å². The van der Waals surface area contributed by atoms with Crippen molar-refractivity contribution in [2.75, 3.05) is 49.1 Å². The number of anilines is 2. The van der Waals surface area contributed by atoms with E-state index >= 15 is 0 Å². The molecule has 0 spiro atoms. The van der Waals surface area contributed by atoms with E-state index < -0.39 is 4.92 Å². The summed E-state index contributed by atoms with van der Waals surface area (Å²) in [6, 6.07) is 16.1. The lowest BCUT2D eigenvalue weighted by Crippen LogP contribution is -2.48. The molecule has 2 aliphatic rings. The highest BCUT2D eigenvalue weighted by Crippen LogP contribution is 2.27. The Kier molecular flexibility index (Phi) is 8.29. The van der Waals surface area contributed by atoms with Crippen molar-refractivity contribution < 1.29 is 9.72 Å². The molecule has 2 saturated heterocycles. The summed E-state index contributed by atoms with van der Waals surface area (Å²) in [6.45, 7) is 4.55. The van der Waals surface area contributed by atoms with Gasteiger partial charge in [0.05, 0.1) is 4.92 Å². The number of piperidine rings is 1. The Labute approximate surface area is 231 Å². The van der Waals surface area contributed by atoms with Crippen molar-refractivity contribution in [2.24, 2.45) is 0 Å². The molecule has 3 aromatic rings. The number of nitro benzene ring substituents is 1. The molecule has 2 aliphatic heterocycles. The van der Waals surface area contributed by atoms with Crippen molar-refractivity contribution in [1.29, 1.82) is 0 Å². The van der Waals surface area contributed by atoms with Gasteiger partial charge in [-0.15, -0.1) is 0 Å². The van der Waals surface area contributed by atoms with E-state index in [0.29, 0.717) is 47.8 Å². The first-order valence-electron chi connectivity index (χ1n) is 12.8. The van der Waals surface area contributed by atoms with Crippen LogP contribution in [0.3, 0.4) is 0 Å². The van der Waals surface area contributed by atoms with Crippen molar-refractivity contribution in [1.82, 2.24) is 14.9 Å². The van der Waals surface area contributed by atoms with E-state index in [1.54, 1.807) is 12.1 Å². The highest BCUT2D eigenvalue weighted by molar-refractivity contribution is 7.98. The second-order valence-electron chi connectivity index (χ2n) is 9.42. The Morgan fingerprint density at radius 2 is 1.58 bits per heavy atom. The molecule has 0 aliphatic carbocycles. The number of benzene rings is 2. The van der Waals surface area contributed by atoms with Gasteiger partial charge in [-0.2, -0.15) is 0 Å². The summed E-state index contributed by atoms with van der Waals surface area (Å²) in [7, 11) is 0. The minimum absolute atomic E-state index is 0.0110. The summed E-state index contributed by atoms with van der Waals surface area (Å²) in [5.74, 6) is 1.58. The first kappa shape index (κ1) is 26.2. The Bertz CT molecular complexity index is 1280. The number of amides is 1. The van der Waals surface area contributed by atoms with Crippen molar-refractivity contribution in [2.45, 2.75) is 30.2 Å². The fourth-order valence-electron chi connectivity index (χ4n) is 4.76. The normalized spacial score (nSPS) is 16.0. The molecule has 0 N–H and O–H groups in total. The molecule has 38 heavy (non-hydrogen) atoms. The molecule has 3 heterocycles.